The van der Waals surface area contributed by atoms with Crippen LogP contribution in [0.15, 0.2) is 24.3 Å². The van der Waals surface area contributed by atoms with Gasteiger partial charge in [-0.25, -0.2) is 4.79 Å². The van der Waals surface area contributed by atoms with E-state index in [0.717, 1.165) is 24.9 Å². The van der Waals surface area contributed by atoms with E-state index in [1.54, 1.807) is 24.3 Å². The second kappa shape index (κ2) is 6.61. The summed E-state index contributed by atoms with van der Waals surface area (Å²) in [4.78, 5) is 24.8. The Kier molecular flexibility index (Phi) is 4.83. The predicted molar refractivity (Wildman–Crippen MR) is 81.4 cm³/mol. The molecule has 114 valence electrons. The highest BCUT2D eigenvalue weighted by Gasteiger charge is 2.30. The fraction of sp³-hybridized carbons (Fsp3) is 0.500. The fourth-order valence-electron chi connectivity index (χ4n) is 2.81. The normalized spacial score (nSPS) is 18.0. The van der Waals surface area contributed by atoms with Gasteiger partial charge < -0.3 is 15.3 Å². The Morgan fingerprint density at radius 2 is 2.00 bits per heavy atom. The molecule has 21 heavy (non-hydrogen) atoms. The molecular weight excluding hydrogens is 268 g/mol. The Bertz CT molecular complexity index is 511. The monoisotopic (exact) mass is 290 g/mol. The first-order chi connectivity index (χ1) is 9.97. The largest absolute Gasteiger partial charge is 0.481 e. The van der Waals surface area contributed by atoms with Gasteiger partial charge in [-0.1, -0.05) is 26.0 Å². The number of carbonyl (C=O) groups excluding carboxylic acids is 1. The van der Waals surface area contributed by atoms with E-state index in [1.165, 1.54) is 0 Å². The number of aliphatic carboxylic acids is 1. The van der Waals surface area contributed by atoms with Crippen molar-refractivity contribution in [3.8, 4) is 0 Å². The van der Waals surface area contributed by atoms with Gasteiger partial charge in [0.2, 0.25) is 0 Å². The number of anilines is 1. The van der Waals surface area contributed by atoms with E-state index < -0.39 is 5.97 Å². The zero-order valence-corrected chi connectivity index (χ0v) is 12.5. The molecule has 0 saturated carbocycles. The summed E-state index contributed by atoms with van der Waals surface area (Å²) in [5.41, 5.74) is 1.42. The minimum Gasteiger partial charge on any atom is -0.481 e. The molecule has 1 unspecified atom stereocenters. The maximum Gasteiger partial charge on any atom is 0.322 e. The Morgan fingerprint density at radius 3 is 2.57 bits per heavy atom. The van der Waals surface area contributed by atoms with Crippen molar-refractivity contribution in [2.24, 2.45) is 5.92 Å². The van der Waals surface area contributed by atoms with E-state index in [2.05, 4.69) is 19.2 Å². The Hall–Kier alpha value is -2.04. The lowest BCUT2D eigenvalue weighted by atomic mass is 10.0. The molecule has 0 bridgehead atoms. The van der Waals surface area contributed by atoms with E-state index in [-0.39, 0.29) is 12.5 Å². The lowest BCUT2D eigenvalue weighted by Crippen LogP contribution is -2.41. The van der Waals surface area contributed by atoms with Crippen LogP contribution in [0.2, 0.25) is 0 Å². The number of urea groups is 1. The van der Waals surface area contributed by atoms with Crippen LogP contribution >= 0.6 is 0 Å². The molecule has 0 spiro atoms. The molecule has 1 aromatic rings. The number of likely N-dealkylation sites (tertiary alicyclic amines) is 1. The van der Waals surface area contributed by atoms with Crippen molar-refractivity contribution in [1.29, 1.82) is 0 Å². The topological polar surface area (TPSA) is 69.6 Å². The summed E-state index contributed by atoms with van der Waals surface area (Å²) in [6.07, 6.45) is 2.10. The molecule has 5 nitrogen and oxygen atoms in total. The van der Waals surface area contributed by atoms with Crippen LogP contribution in [0.5, 0.6) is 0 Å². The van der Waals surface area contributed by atoms with Crippen molar-refractivity contribution in [2.45, 2.75) is 39.2 Å². The number of rotatable bonds is 4. The van der Waals surface area contributed by atoms with E-state index in [4.69, 9.17) is 5.11 Å². The van der Waals surface area contributed by atoms with E-state index in [0.29, 0.717) is 17.6 Å². The van der Waals surface area contributed by atoms with Crippen LogP contribution in [0.4, 0.5) is 10.5 Å². The molecule has 1 aromatic carbocycles. The number of hydrogen-bond donors (Lipinski definition) is 2. The zero-order valence-electron chi connectivity index (χ0n) is 12.5. The number of amides is 2. The van der Waals surface area contributed by atoms with Crippen LogP contribution in [0, 0.1) is 5.92 Å². The molecule has 2 amide bonds. The quantitative estimate of drug-likeness (QED) is 0.895. The molecule has 1 fully saturated rings. The molecule has 2 rings (SSSR count). The van der Waals surface area contributed by atoms with Crippen molar-refractivity contribution < 1.29 is 14.7 Å². The number of nitrogens with zero attached hydrogens (tertiary/aromatic N) is 1. The summed E-state index contributed by atoms with van der Waals surface area (Å²) in [7, 11) is 0. The van der Waals surface area contributed by atoms with Gasteiger partial charge in [0, 0.05) is 18.3 Å². The number of hydrogen-bond acceptors (Lipinski definition) is 2. The molecule has 0 radical (unpaired) electrons. The van der Waals surface area contributed by atoms with Crippen LogP contribution in [-0.4, -0.2) is 34.6 Å². The number of carboxylic acids is 1. The van der Waals surface area contributed by atoms with Crippen LogP contribution in [-0.2, 0) is 11.2 Å². The predicted octanol–water partition coefficient (Wildman–Crippen LogP) is 2.97. The van der Waals surface area contributed by atoms with Crippen molar-refractivity contribution in [2.75, 3.05) is 11.9 Å². The van der Waals surface area contributed by atoms with E-state index in [1.807, 2.05) is 4.90 Å². The molecule has 0 aliphatic carbocycles. The number of benzene rings is 1. The third kappa shape index (κ3) is 3.97. The van der Waals surface area contributed by atoms with Gasteiger partial charge >= 0.3 is 12.0 Å². The molecule has 1 atom stereocenters. The summed E-state index contributed by atoms with van der Waals surface area (Å²) >= 11 is 0. The van der Waals surface area contributed by atoms with Crippen molar-refractivity contribution >= 4 is 17.7 Å². The Labute approximate surface area is 125 Å². The van der Waals surface area contributed by atoms with Crippen LogP contribution in [0.3, 0.4) is 0 Å². The molecule has 2 N–H and O–H groups in total. The highest BCUT2D eigenvalue weighted by Crippen LogP contribution is 2.24. The smallest absolute Gasteiger partial charge is 0.322 e. The fourth-order valence-corrected chi connectivity index (χ4v) is 2.81. The van der Waals surface area contributed by atoms with Crippen LogP contribution in [0.25, 0.3) is 0 Å². The lowest BCUT2D eigenvalue weighted by molar-refractivity contribution is -0.136. The number of carbonyl (C=O) groups is 2. The highest BCUT2D eigenvalue weighted by molar-refractivity contribution is 5.89. The summed E-state index contributed by atoms with van der Waals surface area (Å²) < 4.78 is 0. The van der Waals surface area contributed by atoms with Crippen LogP contribution < -0.4 is 5.32 Å². The second-order valence-electron chi connectivity index (χ2n) is 5.84. The van der Waals surface area contributed by atoms with Gasteiger partial charge in [-0.2, -0.15) is 0 Å². The highest BCUT2D eigenvalue weighted by atomic mass is 16.4. The summed E-state index contributed by atoms with van der Waals surface area (Å²) in [5.74, 6) is -0.403. The van der Waals surface area contributed by atoms with Gasteiger partial charge in [0.1, 0.15) is 0 Å². The molecule has 1 aliphatic heterocycles. The first-order valence-corrected chi connectivity index (χ1v) is 7.35. The third-order valence-electron chi connectivity index (χ3n) is 3.89. The summed E-state index contributed by atoms with van der Waals surface area (Å²) in [5, 5.41) is 11.6. The molecule has 0 aromatic heterocycles. The van der Waals surface area contributed by atoms with Crippen molar-refractivity contribution in [3.63, 3.8) is 0 Å². The second-order valence-corrected chi connectivity index (χ2v) is 5.84. The summed E-state index contributed by atoms with van der Waals surface area (Å²) in [6.45, 7) is 5.07. The standard InChI is InChI=1S/C16H22N2O3/c1-11(2)14-4-3-9-18(14)16(21)17-13-7-5-12(6-8-13)10-15(19)20/h5-8,11,14H,3-4,9-10H2,1-2H3,(H,17,21)(H,19,20). The first-order valence-electron chi connectivity index (χ1n) is 7.35. The molecule has 1 heterocycles. The molecule has 1 aliphatic rings. The third-order valence-corrected chi connectivity index (χ3v) is 3.89. The average Bonchev–Trinajstić information content (AvgIpc) is 2.90. The van der Waals surface area contributed by atoms with E-state index >= 15 is 0 Å². The van der Waals surface area contributed by atoms with Crippen molar-refractivity contribution in [3.05, 3.63) is 29.8 Å². The maximum absolute atomic E-state index is 12.3. The number of nitrogens with one attached hydrogen (secondary N) is 1. The summed E-state index contributed by atoms with van der Waals surface area (Å²) in [6, 6.07) is 7.18. The van der Waals surface area contributed by atoms with Gasteiger partial charge in [0.05, 0.1) is 6.42 Å². The Morgan fingerprint density at radius 1 is 1.33 bits per heavy atom. The first kappa shape index (κ1) is 15.4. The molecule has 5 heteroatoms. The number of carboxylic acid groups (broad SMARTS) is 1. The van der Waals surface area contributed by atoms with Crippen LogP contribution in [0.1, 0.15) is 32.3 Å². The molecule has 1 saturated heterocycles. The minimum absolute atomic E-state index is 0.00419. The Balaban J connectivity index is 1.97. The van der Waals surface area contributed by atoms with E-state index in [9.17, 15) is 9.59 Å². The van der Waals surface area contributed by atoms with Gasteiger partial charge in [-0.3, -0.25) is 4.79 Å². The zero-order chi connectivity index (χ0) is 15.4. The SMILES string of the molecule is CC(C)C1CCCN1C(=O)Nc1ccc(CC(=O)O)cc1. The van der Waals surface area contributed by atoms with Gasteiger partial charge in [-0.05, 0) is 36.5 Å². The van der Waals surface area contributed by atoms with Crippen molar-refractivity contribution in [1.82, 2.24) is 4.90 Å². The van der Waals surface area contributed by atoms with Gasteiger partial charge in [0.25, 0.3) is 0 Å². The minimum atomic E-state index is -0.858. The molecular formula is C16H22N2O3. The van der Waals surface area contributed by atoms with Gasteiger partial charge in [0.15, 0.2) is 0 Å². The lowest BCUT2D eigenvalue weighted by Gasteiger charge is -2.27. The van der Waals surface area contributed by atoms with Gasteiger partial charge in [-0.15, -0.1) is 0 Å². The average molecular weight is 290 g/mol. The maximum atomic E-state index is 12.3.